The Labute approximate surface area is 205 Å². The first-order valence-corrected chi connectivity index (χ1v) is 12.7. The number of ether oxygens (including phenoxy) is 4. The molecule has 1 aliphatic heterocycles. The molecule has 0 bridgehead atoms. The maximum absolute atomic E-state index is 11.4. The molecule has 7 heteroatoms. The van der Waals surface area contributed by atoms with Crippen molar-refractivity contribution in [2.24, 2.45) is 11.8 Å². The van der Waals surface area contributed by atoms with Crippen LogP contribution in [0, 0.1) is 11.8 Å². The lowest BCUT2D eigenvalue weighted by atomic mass is 9.63. The summed E-state index contributed by atoms with van der Waals surface area (Å²) in [5.74, 6) is 2.44. The van der Waals surface area contributed by atoms with Gasteiger partial charge in [0.15, 0.2) is 0 Å². The zero-order chi connectivity index (χ0) is 23.5. The Hall–Kier alpha value is -2.44. The van der Waals surface area contributed by atoms with Crippen LogP contribution < -0.4 is 9.47 Å². The largest absolute Gasteiger partial charge is 0.510 e. The maximum atomic E-state index is 11.4. The van der Waals surface area contributed by atoms with Crippen LogP contribution in [-0.4, -0.2) is 17.7 Å². The molecule has 0 amide bonds. The average Bonchev–Trinajstić information content (AvgIpc) is 2.84. The summed E-state index contributed by atoms with van der Waals surface area (Å²) in [5, 5.41) is 9.93. The molecule has 5 rings (SSSR count). The van der Waals surface area contributed by atoms with Crippen LogP contribution in [0.15, 0.2) is 42.5 Å². The van der Waals surface area contributed by atoms with Gasteiger partial charge in [-0.25, -0.2) is 4.79 Å². The number of carbonyl (C=O) groups is 1. The Morgan fingerprint density at radius 1 is 0.912 bits per heavy atom. The van der Waals surface area contributed by atoms with Crippen LogP contribution in [0.25, 0.3) is 0 Å². The summed E-state index contributed by atoms with van der Waals surface area (Å²) in [7, 11) is 0. The van der Waals surface area contributed by atoms with Crippen LogP contribution >= 0.6 is 11.6 Å². The van der Waals surface area contributed by atoms with Crippen LogP contribution in [-0.2, 0) is 15.1 Å². The van der Waals surface area contributed by atoms with E-state index in [0.717, 1.165) is 56.9 Å². The molecule has 34 heavy (non-hydrogen) atoms. The van der Waals surface area contributed by atoms with E-state index in [9.17, 15) is 9.90 Å². The van der Waals surface area contributed by atoms with Crippen molar-refractivity contribution in [2.75, 3.05) is 0 Å². The Kier molecular flexibility index (Phi) is 6.89. The maximum Gasteiger partial charge on any atom is 0.510 e. The number of benzene rings is 2. The standard InChI is InChI=1S/C27H31ClO6/c28-20-12-7-13-21(16-20)31-22-14-15-24-23(17-22)27(18-8-3-1-4-9-18,19-10-5-2-6-11-19)34-26(32-24)33-25(29)30/h7,12-19,26H,1-6,8-11H2,(H,29,30). The number of hydrogen-bond acceptors (Lipinski definition) is 5. The highest BCUT2D eigenvalue weighted by atomic mass is 35.5. The zero-order valence-electron chi connectivity index (χ0n) is 19.2. The van der Waals surface area contributed by atoms with Crippen molar-refractivity contribution < 1.29 is 28.8 Å². The molecule has 2 aromatic rings. The van der Waals surface area contributed by atoms with Crippen molar-refractivity contribution in [3.05, 3.63) is 53.1 Å². The van der Waals surface area contributed by atoms with Gasteiger partial charge in [0.1, 0.15) is 22.8 Å². The van der Waals surface area contributed by atoms with Gasteiger partial charge in [0, 0.05) is 10.6 Å². The summed E-state index contributed by atoms with van der Waals surface area (Å²) >= 11 is 6.15. The van der Waals surface area contributed by atoms with Crippen molar-refractivity contribution in [3.8, 4) is 17.2 Å². The average molecular weight is 487 g/mol. The van der Waals surface area contributed by atoms with E-state index < -0.39 is 18.2 Å². The molecule has 0 spiro atoms. The van der Waals surface area contributed by atoms with E-state index in [-0.39, 0.29) is 11.8 Å². The fourth-order valence-electron chi connectivity index (χ4n) is 6.16. The molecule has 1 unspecified atom stereocenters. The molecule has 0 radical (unpaired) electrons. The number of halogens is 1. The van der Waals surface area contributed by atoms with E-state index >= 15 is 0 Å². The minimum Gasteiger partial charge on any atom is -0.457 e. The molecule has 1 heterocycles. The Morgan fingerprint density at radius 3 is 2.18 bits per heavy atom. The summed E-state index contributed by atoms with van der Waals surface area (Å²) < 4.78 is 23.7. The topological polar surface area (TPSA) is 74.2 Å². The molecular formula is C27H31ClO6. The molecule has 0 saturated heterocycles. The van der Waals surface area contributed by atoms with E-state index in [2.05, 4.69) is 0 Å². The van der Waals surface area contributed by atoms with Crippen LogP contribution in [0.1, 0.15) is 69.8 Å². The lowest BCUT2D eigenvalue weighted by molar-refractivity contribution is -0.324. The third-order valence-electron chi connectivity index (χ3n) is 7.54. The molecule has 2 saturated carbocycles. The Morgan fingerprint density at radius 2 is 1.56 bits per heavy atom. The third-order valence-corrected chi connectivity index (χ3v) is 7.77. The van der Waals surface area contributed by atoms with Crippen LogP contribution in [0.4, 0.5) is 4.79 Å². The van der Waals surface area contributed by atoms with E-state index in [4.69, 9.17) is 30.5 Å². The van der Waals surface area contributed by atoms with Gasteiger partial charge in [-0.2, -0.15) is 0 Å². The van der Waals surface area contributed by atoms with Gasteiger partial charge in [-0.15, -0.1) is 0 Å². The second-order valence-corrected chi connectivity index (χ2v) is 10.0. The second kappa shape index (κ2) is 10.0. The zero-order valence-corrected chi connectivity index (χ0v) is 20.0. The molecule has 6 nitrogen and oxygen atoms in total. The molecule has 2 aromatic carbocycles. The molecule has 1 atom stereocenters. The quantitative estimate of drug-likeness (QED) is 0.433. The predicted molar refractivity (Wildman–Crippen MR) is 127 cm³/mol. The monoisotopic (exact) mass is 486 g/mol. The number of hydrogen-bond donors (Lipinski definition) is 1. The van der Waals surface area contributed by atoms with Gasteiger partial charge < -0.3 is 19.3 Å². The third kappa shape index (κ3) is 4.71. The number of carboxylic acid groups (broad SMARTS) is 1. The number of rotatable bonds is 5. The summed E-state index contributed by atoms with van der Waals surface area (Å²) in [4.78, 5) is 11.4. The highest BCUT2D eigenvalue weighted by Crippen LogP contribution is 2.56. The summed E-state index contributed by atoms with van der Waals surface area (Å²) in [6.45, 7) is -1.28. The van der Waals surface area contributed by atoms with Crippen LogP contribution in [0.2, 0.25) is 5.02 Å². The van der Waals surface area contributed by atoms with Crippen molar-refractivity contribution in [1.82, 2.24) is 0 Å². The molecular weight excluding hydrogens is 456 g/mol. The highest BCUT2D eigenvalue weighted by molar-refractivity contribution is 6.30. The smallest absolute Gasteiger partial charge is 0.457 e. The van der Waals surface area contributed by atoms with Crippen molar-refractivity contribution in [1.29, 1.82) is 0 Å². The van der Waals surface area contributed by atoms with Gasteiger partial charge >= 0.3 is 12.6 Å². The SMILES string of the molecule is O=C(O)OC1Oc2ccc(Oc3cccc(Cl)c3)cc2C(C2CCCCC2)(C2CCCCC2)O1. The first-order valence-electron chi connectivity index (χ1n) is 12.4. The van der Waals surface area contributed by atoms with Crippen molar-refractivity contribution in [3.63, 3.8) is 0 Å². The lowest BCUT2D eigenvalue weighted by Gasteiger charge is -2.52. The highest BCUT2D eigenvalue weighted by Gasteiger charge is 2.54. The molecule has 2 fully saturated rings. The second-order valence-electron chi connectivity index (χ2n) is 9.59. The lowest BCUT2D eigenvalue weighted by Crippen LogP contribution is -2.53. The first-order chi connectivity index (χ1) is 16.5. The fraction of sp³-hybridized carbons (Fsp3) is 0.519. The Balaban J connectivity index is 1.59. The minimum absolute atomic E-state index is 0.258. The van der Waals surface area contributed by atoms with Gasteiger partial charge in [0.25, 0.3) is 0 Å². The van der Waals surface area contributed by atoms with Gasteiger partial charge in [-0.1, -0.05) is 56.2 Å². The van der Waals surface area contributed by atoms with Gasteiger partial charge in [0.2, 0.25) is 0 Å². The minimum atomic E-state index is -1.41. The summed E-state index contributed by atoms with van der Waals surface area (Å²) in [6, 6.07) is 13.0. The Bertz CT molecular complexity index is 994. The predicted octanol–water partition coefficient (Wildman–Crippen LogP) is 7.88. The normalized spacial score (nSPS) is 22.9. The fourth-order valence-corrected chi connectivity index (χ4v) is 6.34. The summed E-state index contributed by atoms with van der Waals surface area (Å²) in [5.41, 5.74) is 0.262. The van der Waals surface area contributed by atoms with E-state index in [0.29, 0.717) is 22.3 Å². The van der Waals surface area contributed by atoms with Crippen molar-refractivity contribution in [2.45, 2.75) is 76.3 Å². The first kappa shape index (κ1) is 23.3. The molecule has 182 valence electrons. The molecule has 1 N–H and O–H groups in total. The van der Waals surface area contributed by atoms with Crippen LogP contribution in [0.5, 0.6) is 17.2 Å². The van der Waals surface area contributed by atoms with Gasteiger partial charge in [0.05, 0.1) is 0 Å². The molecule has 3 aliphatic rings. The van der Waals surface area contributed by atoms with Crippen LogP contribution in [0.3, 0.4) is 0 Å². The van der Waals surface area contributed by atoms with Gasteiger partial charge in [-0.3, -0.25) is 4.74 Å². The van der Waals surface area contributed by atoms with E-state index in [1.54, 1.807) is 6.07 Å². The van der Waals surface area contributed by atoms with Gasteiger partial charge in [-0.05, 0) is 73.9 Å². The number of fused-ring (bicyclic) bond motifs is 1. The summed E-state index contributed by atoms with van der Waals surface area (Å²) in [6.07, 6.45) is 9.73. The van der Waals surface area contributed by atoms with E-state index in [1.807, 2.05) is 36.4 Å². The van der Waals surface area contributed by atoms with Crippen molar-refractivity contribution >= 4 is 17.8 Å². The molecule has 0 aromatic heterocycles. The van der Waals surface area contributed by atoms with E-state index in [1.165, 1.54) is 12.8 Å². The molecule has 2 aliphatic carbocycles.